The van der Waals surface area contributed by atoms with Gasteiger partial charge in [-0.25, -0.2) is 9.78 Å². The summed E-state index contributed by atoms with van der Waals surface area (Å²) in [5, 5.41) is 3.48. The zero-order valence-corrected chi connectivity index (χ0v) is 15.0. The number of ether oxygens (including phenoxy) is 2. The molecular weight excluding hydrogens is 350 g/mol. The molecule has 2 aromatic heterocycles. The summed E-state index contributed by atoms with van der Waals surface area (Å²) in [4.78, 5) is 17.1. The van der Waals surface area contributed by atoms with E-state index in [1.165, 1.54) is 11.3 Å². The Morgan fingerprint density at radius 3 is 2.58 bits per heavy atom. The Bertz CT molecular complexity index is 1130. The van der Waals surface area contributed by atoms with E-state index in [-0.39, 0.29) is 0 Å². The summed E-state index contributed by atoms with van der Waals surface area (Å²) < 4.78 is 15.9. The lowest BCUT2D eigenvalue weighted by molar-refractivity contribution is 0.407. The Morgan fingerprint density at radius 1 is 1.04 bits per heavy atom. The number of para-hydroxylation sites is 1. The van der Waals surface area contributed by atoms with Crippen LogP contribution < -0.4 is 15.1 Å². The summed E-state index contributed by atoms with van der Waals surface area (Å²) in [6, 6.07) is 14.9. The number of rotatable bonds is 4. The van der Waals surface area contributed by atoms with Gasteiger partial charge < -0.3 is 13.9 Å². The molecule has 0 aliphatic rings. The summed E-state index contributed by atoms with van der Waals surface area (Å²) in [6.45, 7) is 0. The van der Waals surface area contributed by atoms with Crippen molar-refractivity contribution in [2.75, 3.05) is 14.2 Å². The zero-order valence-electron chi connectivity index (χ0n) is 14.2. The van der Waals surface area contributed by atoms with Crippen molar-refractivity contribution in [2.45, 2.75) is 0 Å². The Kier molecular flexibility index (Phi) is 4.18. The molecule has 130 valence electrons. The number of hydrogen-bond acceptors (Lipinski definition) is 6. The van der Waals surface area contributed by atoms with Crippen LogP contribution in [0.3, 0.4) is 0 Å². The number of nitrogens with zero attached hydrogens (tertiary/aromatic N) is 1. The lowest BCUT2D eigenvalue weighted by Crippen LogP contribution is -2.03. The van der Waals surface area contributed by atoms with Crippen LogP contribution in [0.25, 0.3) is 32.8 Å². The number of benzene rings is 2. The van der Waals surface area contributed by atoms with Crippen molar-refractivity contribution in [3.05, 3.63) is 64.3 Å². The molecule has 0 saturated carbocycles. The summed E-state index contributed by atoms with van der Waals surface area (Å²) in [7, 11) is 3.18. The molecule has 0 unspecified atom stereocenters. The second-order valence-electron chi connectivity index (χ2n) is 5.59. The van der Waals surface area contributed by atoms with Gasteiger partial charge >= 0.3 is 5.63 Å². The first-order valence-electron chi connectivity index (χ1n) is 7.91. The largest absolute Gasteiger partial charge is 0.497 e. The molecule has 0 saturated heterocycles. The van der Waals surface area contributed by atoms with Gasteiger partial charge in [0.1, 0.15) is 10.8 Å². The smallest absolute Gasteiger partial charge is 0.345 e. The molecule has 0 fully saturated rings. The normalized spacial score (nSPS) is 10.8. The molecule has 0 atom stereocenters. The van der Waals surface area contributed by atoms with Gasteiger partial charge in [-0.05, 0) is 36.4 Å². The number of thiazole rings is 1. The van der Waals surface area contributed by atoms with Crippen LogP contribution in [0.15, 0.2) is 63.1 Å². The summed E-state index contributed by atoms with van der Waals surface area (Å²) in [6.07, 6.45) is 0. The minimum absolute atomic E-state index is 0.432. The molecule has 26 heavy (non-hydrogen) atoms. The fraction of sp³-hybridized carbons (Fsp3) is 0.100. The van der Waals surface area contributed by atoms with Crippen molar-refractivity contribution in [1.82, 2.24) is 4.98 Å². The molecule has 0 spiro atoms. The van der Waals surface area contributed by atoms with Crippen molar-refractivity contribution < 1.29 is 13.9 Å². The monoisotopic (exact) mass is 365 g/mol. The molecule has 4 rings (SSSR count). The van der Waals surface area contributed by atoms with E-state index in [1.807, 2.05) is 41.8 Å². The van der Waals surface area contributed by atoms with Gasteiger partial charge in [-0.15, -0.1) is 11.3 Å². The van der Waals surface area contributed by atoms with Gasteiger partial charge in [0.05, 0.1) is 25.5 Å². The molecule has 4 aromatic rings. The van der Waals surface area contributed by atoms with Gasteiger partial charge in [0.15, 0.2) is 11.3 Å². The van der Waals surface area contributed by atoms with Crippen LogP contribution in [-0.2, 0) is 0 Å². The van der Waals surface area contributed by atoms with Crippen LogP contribution in [0.4, 0.5) is 0 Å². The predicted octanol–water partition coefficient (Wildman–Crippen LogP) is 4.60. The number of methoxy groups -OCH3 is 2. The molecule has 6 heteroatoms. The minimum Gasteiger partial charge on any atom is -0.497 e. The topological polar surface area (TPSA) is 61.6 Å². The molecule has 2 heterocycles. The van der Waals surface area contributed by atoms with E-state index in [0.717, 1.165) is 21.7 Å². The van der Waals surface area contributed by atoms with Gasteiger partial charge in [-0.3, -0.25) is 0 Å². The number of hydrogen-bond donors (Lipinski definition) is 0. The fourth-order valence-electron chi connectivity index (χ4n) is 2.72. The van der Waals surface area contributed by atoms with Gasteiger partial charge in [0.2, 0.25) is 0 Å². The van der Waals surface area contributed by atoms with Crippen LogP contribution in [0.5, 0.6) is 11.5 Å². The third-order valence-corrected chi connectivity index (χ3v) is 4.95. The Hall–Kier alpha value is -3.12. The summed E-state index contributed by atoms with van der Waals surface area (Å²) >= 11 is 1.48. The second-order valence-corrected chi connectivity index (χ2v) is 6.45. The third-order valence-electron chi connectivity index (χ3n) is 4.06. The highest BCUT2D eigenvalue weighted by Crippen LogP contribution is 2.31. The van der Waals surface area contributed by atoms with E-state index in [2.05, 4.69) is 4.98 Å². The van der Waals surface area contributed by atoms with Crippen molar-refractivity contribution in [2.24, 2.45) is 0 Å². The maximum absolute atomic E-state index is 12.5. The molecular formula is C20H15NO4S. The highest BCUT2D eigenvalue weighted by atomic mass is 32.1. The first kappa shape index (κ1) is 16.4. The number of fused-ring (bicyclic) bond motifs is 1. The average molecular weight is 365 g/mol. The van der Waals surface area contributed by atoms with Gasteiger partial charge in [-0.2, -0.15) is 0 Å². The van der Waals surface area contributed by atoms with Crippen LogP contribution in [-0.4, -0.2) is 19.2 Å². The molecule has 0 aliphatic heterocycles. The van der Waals surface area contributed by atoms with Crippen molar-refractivity contribution >= 4 is 22.3 Å². The Balaban J connectivity index is 1.77. The van der Waals surface area contributed by atoms with Gasteiger partial charge in [-0.1, -0.05) is 12.1 Å². The molecule has 0 amide bonds. The number of aromatic nitrogens is 1. The van der Waals surface area contributed by atoms with E-state index in [1.54, 1.807) is 26.4 Å². The maximum Gasteiger partial charge on any atom is 0.345 e. The highest BCUT2D eigenvalue weighted by Gasteiger charge is 2.14. The van der Waals surface area contributed by atoms with Gasteiger partial charge in [0, 0.05) is 16.3 Å². The maximum atomic E-state index is 12.5. The Labute approximate surface area is 153 Å². The van der Waals surface area contributed by atoms with E-state index < -0.39 is 5.63 Å². The average Bonchev–Trinajstić information content (AvgIpc) is 3.17. The van der Waals surface area contributed by atoms with E-state index in [4.69, 9.17) is 13.9 Å². The van der Waals surface area contributed by atoms with Crippen molar-refractivity contribution in [3.63, 3.8) is 0 Å². The van der Waals surface area contributed by atoms with E-state index >= 15 is 0 Å². The van der Waals surface area contributed by atoms with E-state index in [9.17, 15) is 4.79 Å². The molecule has 5 nitrogen and oxygen atoms in total. The lowest BCUT2D eigenvalue weighted by Gasteiger charge is -2.04. The summed E-state index contributed by atoms with van der Waals surface area (Å²) in [5.41, 5.74) is 2.00. The highest BCUT2D eigenvalue weighted by molar-refractivity contribution is 7.13. The third kappa shape index (κ3) is 2.84. The second kappa shape index (κ2) is 6.65. The SMILES string of the molecule is COc1ccc(-c2nc(-c3cc4cccc(OC)c4oc3=O)cs2)cc1. The Morgan fingerprint density at radius 2 is 1.85 bits per heavy atom. The lowest BCUT2D eigenvalue weighted by atomic mass is 10.1. The molecule has 0 bridgehead atoms. The van der Waals surface area contributed by atoms with Crippen LogP contribution in [0.2, 0.25) is 0 Å². The molecule has 0 radical (unpaired) electrons. The van der Waals surface area contributed by atoms with E-state index in [0.29, 0.717) is 22.6 Å². The fourth-order valence-corrected chi connectivity index (χ4v) is 3.55. The van der Waals surface area contributed by atoms with Crippen molar-refractivity contribution in [1.29, 1.82) is 0 Å². The van der Waals surface area contributed by atoms with Gasteiger partial charge in [0.25, 0.3) is 0 Å². The minimum atomic E-state index is -0.436. The first-order chi connectivity index (χ1) is 12.7. The predicted molar refractivity (Wildman–Crippen MR) is 102 cm³/mol. The summed E-state index contributed by atoms with van der Waals surface area (Å²) in [5.74, 6) is 1.32. The molecule has 0 aliphatic carbocycles. The molecule has 2 aromatic carbocycles. The zero-order chi connectivity index (χ0) is 18.1. The quantitative estimate of drug-likeness (QED) is 0.495. The van der Waals surface area contributed by atoms with Crippen LogP contribution in [0.1, 0.15) is 0 Å². The van der Waals surface area contributed by atoms with Crippen LogP contribution >= 0.6 is 11.3 Å². The first-order valence-corrected chi connectivity index (χ1v) is 8.79. The van der Waals surface area contributed by atoms with Crippen LogP contribution in [0, 0.1) is 0 Å². The molecule has 0 N–H and O–H groups in total. The van der Waals surface area contributed by atoms with Crippen molar-refractivity contribution in [3.8, 4) is 33.3 Å². The standard InChI is InChI=1S/C20H15NO4S/c1-23-14-8-6-12(7-9-14)19-21-16(11-26-19)15-10-13-4-3-5-17(24-2)18(13)25-20(15)22/h3-11H,1-2H3.